The minimum absolute atomic E-state index is 0.0899. The molecular formula is C11H13BrFNO2. The van der Waals surface area contributed by atoms with Crippen LogP contribution in [-0.4, -0.2) is 26.0 Å². The zero-order valence-electron chi connectivity index (χ0n) is 8.71. The molecule has 1 heterocycles. The van der Waals surface area contributed by atoms with E-state index in [1.54, 1.807) is 12.1 Å². The molecule has 0 spiro atoms. The van der Waals surface area contributed by atoms with E-state index >= 15 is 0 Å². The van der Waals surface area contributed by atoms with Gasteiger partial charge in [0.25, 0.3) is 0 Å². The van der Waals surface area contributed by atoms with Gasteiger partial charge in [-0.15, -0.1) is 0 Å². The van der Waals surface area contributed by atoms with Gasteiger partial charge >= 0.3 is 0 Å². The third-order valence-electron chi connectivity index (χ3n) is 2.42. The van der Waals surface area contributed by atoms with Gasteiger partial charge in [0.15, 0.2) is 0 Å². The molecule has 1 unspecified atom stereocenters. The molecule has 1 aliphatic rings. The molecule has 0 saturated carbocycles. The molecule has 3 nitrogen and oxygen atoms in total. The van der Waals surface area contributed by atoms with Crippen molar-refractivity contribution in [1.82, 2.24) is 0 Å². The number of halogens is 2. The highest BCUT2D eigenvalue weighted by atomic mass is 79.9. The molecule has 1 aliphatic heterocycles. The fourth-order valence-corrected chi connectivity index (χ4v) is 1.88. The Bertz CT molecular complexity index is 356. The van der Waals surface area contributed by atoms with Gasteiger partial charge in [0.2, 0.25) is 0 Å². The van der Waals surface area contributed by atoms with E-state index in [2.05, 4.69) is 21.2 Å². The third kappa shape index (κ3) is 3.17. The molecule has 0 aromatic heterocycles. The van der Waals surface area contributed by atoms with Crippen LogP contribution in [0.3, 0.4) is 0 Å². The van der Waals surface area contributed by atoms with Crippen molar-refractivity contribution in [2.24, 2.45) is 0 Å². The van der Waals surface area contributed by atoms with E-state index in [0.717, 1.165) is 10.9 Å². The first kappa shape index (κ1) is 11.8. The Balaban J connectivity index is 1.90. The summed E-state index contributed by atoms with van der Waals surface area (Å²) in [6.45, 7) is 1.62. The molecule has 5 heteroatoms. The zero-order valence-corrected chi connectivity index (χ0v) is 10.3. The SMILES string of the molecule is Fc1ccc(Br)cc1NCC1CCOCO1. The second kappa shape index (κ2) is 5.61. The van der Waals surface area contributed by atoms with Crippen LogP contribution >= 0.6 is 15.9 Å². The molecule has 1 N–H and O–H groups in total. The maximum absolute atomic E-state index is 13.4. The normalized spacial score (nSPS) is 20.8. The van der Waals surface area contributed by atoms with Gasteiger partial charge in [-0.2, -0.15) is 0 Å². The van der Waals surface area contributed by atoms with Gasteiger partial charge in [-0.25, -0.2) is 4.39 Å². The highest BCUT2D eigenvalue weighted by Crippen LogP contribution is 2.20. The Kier molecular flexibility index (Phi) is 4.15. The maximum atomic E-state index is 13.4. The molecule has 2 rings (SSSR count). The molecule has 0 bridgehead atoms. The highest BCUT2D eigenvalue weighted by molar-refractivity contribution is 9.10. The van der Waals surface area contributed by atoms with Crippen LogP contribution < -0.4 is 5.32 Å². The Labute approximate surface area is 102 Å². The lowest BCUT2D eigenvalue weighted by Crippen LogP contribution is -2.30. The minimum Gasteiger partial charge on any atom is -0.380 e. The molecule has 88 valence electrons. The van der Waals surface area contributed by atoms with E-state index in [0.29, 0.717) is 25.6 Å². The number of hydrogen-bond donors (Lipinski definition) is 1. The first-order chi connectivity index (χ1) is 7.75. The smallest absolute Gasteiger partial charge is 0.147 e. The topological polar surface area (TPSA) is 30.5 Å². The van der Waals surface area contributed by atoms with Crippen molar-refractivity contribution in [3.8, 4) is 0 Å². The number of rotatable bonds is 3. The van der Waals surface area contributed by atoms with E-state index in [4.69, 9.17) is 9.47 Å². The summed E-state index contributed by atoms with van der Waals surface area (Å²) in [5.74, 6) is -0.254. The van der Waals surface area contributed by atoms with E-state index in [-0.39, 0.29) is 11.9 Å². The van der Waals surface area contributed by atoms with Gasteiger partial charge in [-0.05, 0) is 24.6 Å². The largest absolute Gasteiger partial charge is 0.380 e. The first-order valence-corrected chi connectivity index (χ1v) is 5.93. The van der Waals surface area contributed by atoms with E-state index in [1.165, 1.54) is 6.07 Å². The predicted molar refractivity (Wildman–Crippen MR) is 62.9 cm³/mol. The van der Waals surface area contributed by atoms with Crippen LogP contribution in [0.5, 0.6) is 0 Å². The lowest BCUT2D eigenvalue weighted by Gasteiger charge is -2.23. The van der Waals surface area contributed by atoms with Gasteiger partial charge in [-0.3, -0.25) is 0 Å². The van der Waals surface area contributed by atoms with Crippen molar-refractivity contribution in [2.75, 3.05) is 25.3 Å². The minimum atomic E-state index is -0.254. The van der Waals surface area contributed by atoms with Crippen molar-refractivity contribution in [3.05, 3.63) is 28.5 Å². The lowest BCUT2D eigenvalue weighted by molar-refractivity contribution is -0.133. The van der Waals surface area contributed by atoms with E-state index in [1.807, 2.05) is 0 Å². The van der Waals surface area contributed by atoms with Crippen LogP contribution in [0.25, 0.3) is 0 Å². The van der Waals surface area contributed by atoms with E-state index in [9.17, 15) is 4.39 Å². The molecule has 1 aromatic carbocycles. The lowest BCUT2D eigenvalue weighted by atomic mass is 10.2. The van der Waals surface area contributed by atoms with Crippen molar-refractivity contribution >= 4 is 21.6 Å². The second-order valence-corrected chi connectivity index (χ2v) is 4.52. The van der Waals surface area contributed by atoms with Gasteiger partial charge in [0, 0.05) is 11.0 Å². The number of benzene rings is 1. The number of anilines is 1. The molecule has 0 aliphatic carbocycles. The molecule has 1 fully saturated rings. The summed E-state index contributed by atoms with van der Waals surface area (Å²) < 4.78 is 24.6. The summed E-state index contributed by atoms with van der Waals surface area (Å²) in [6.07, 6.45) is 0.926. The predicted octanol–water partition coefficient (Wildman–Crippen LogP) is 2.76. The summed E-state index contributed by atoms with van der Waals surface area (Å²) in [5, 5.41) is 3.04. The summed E-state index contributed by atoms with van der Waals surface area (Å²) >= 11 is 3.30. The van der Waals surface area contributed by atoms with Crippen LogP contribution in [0, 0.1) is 5.82 Å². The first-order valence-electron chi connectivity index (χ1n) is 5.14. The summed E-state index contributed by atoms with van der Waals surface area (Å²) in [5.41, 5.74) is 0.490. The van der Waals surface area contributed by atoms with Gasteiger partial charge in [-0.1, -0.05) is 15.9 Å². The molecule has 1 atom stereocenters. The average Bonchev–Trinajstić information content (AvgIpc) is 2.32. The Morgan fingerprint density at radius 2 is 2.38 bits per heavy atom. The number of ether oxygens (including phenoxy) is 2. The third-order valence-corrected chi connectivity index (χ3v) is 2.91. The average molecular weight is 290 g/mol. The molecular weight excluding hydrogens is 277 g/mol. The summed E-state index contributed by atoms with van der Waals surface area (Å²) in [7, 11) is 0. The van der Waals surface area contributed by atoms with Crippen LogP contribution in [0.15, 0.2) is 22.7 Å². The summed E-state index contributed by atoms with van der Waals surface area (Å²) in [6, 6.07) is 4.82. The van der Waals surface area contributed by atoms with E-state index < -0.39 is 0 Å². The number of nitrogens with one attached hydrogen (secondary N) is 1. The quantitative estimate of drug-likeness (QED) is 0.928. The second-order valence-electron chi connectivity index (χ2n) is 3.61. The maximum Gasteiger partial charge on any atom is 0.147 e. The van der Waals surface area contributed by atoms with Crippen LogP contribution in [-0.2, 0) is 9.47 Å². The zero-order chi connectivity index (χ0) is 11.4. The molecule has 1 saturated heterocycles. The number of hydrogen-bond acceptors (Lipinski definition) is 3. The van der Waals surface area contributed by atoms with Crippen molar-refractivity contribution in [3.63, 3.8) is 0 Å². The molecule has 0 radical (unpaired) electrons. The Morgan fingerprint density at radius 3 is 3.12 bits per heavy atom. The fraction of sp³-hybridized carbons (Fsp3) is 0.455. The summed E-state index contributed by atoms with van der Waals surface area (Å²) in [4.78, 5) is 0. The molecule has 16 heavy (non-hydrogen) atoms. The molecule has 0 amide bonds. The van der Waals surface area contributed by atoms with Crippen LogP contribution in [0.4, 0.5) is 10.1 Å². The van der Waals surface area contributed by atoms with Gasteiger partial charge in [0.1, 0.15) is 12.6 Å². The van der Waals surface area contributed by atoms with Crippen molar-refractivity contribution < 1.29 is 13.9 Å². The Morgan fingerprint density at radius 1 is 1.50 bits per heavy atom. The van der Waals surface area contributed by atoms with Crippen molar-refractivity contribution in [2.45, 2.75) is 12.5 Å². The van der Waals surface area contributed by atoms with Gasteiger partial charge in [0.05, 0.1) is 18.4 Å². The van der Waals surface area contributed by atoms with Crippen molar-refractivity contribution in [1.29, 1.82) is 0 Å². The standard InChI is InChI=1S/C11H13BrFNO2/c12-8-1-2-10(13)11(5-8)14-6-9-3-4-15-7-16-9/h1-2,5,9,14H,3-4,6-7H2. The molecule has 1 aromatic rings. The van der Waals surface area contributed by atoms with Gasteiger partial charge < -0.3 is 14.8 Å². The highest BCUT2D eigenvalue weighted by Gasteiger charge is 2.14. The Hall–Kier alpha value is -0.650. The monoisotopic (exact) mass is 289 g/mol. The fourth-order valence-electron chi connectivity index (χ4n) is 1.52. The van der Waals surface area contributed by atoms with Crippen LogP contribution in [0.2, 0.25) is 0 Å². The van der Waals surface area contributed by atoms with Crippen LogP contribution in [0.1, 0.15) is 6.42 Å².